The van der Waals surface area contributed by atoms with Gasteiger partial charge in [0, 0.05) is 15.1 Å². The third kappa shape index (κ3) is 7.48. The van der Waals surface area contributed by atoms with Crippen molar-refractivity contribution in [1.82, 2.24) is 5.43 Å². The molecule has 3 aromatic carbocycles. The zero-order chi connectivity index (χ0) is 24.5. The fraction of sp³-hybridized carbons (Fsp3) is 0.125. The molecule has 7 nitrogen and oxygen atoms in total. The zero-order valence-corrected chi connectivity index (χ0v) is 21.0. The van der Waals surface area contributed by atoms with E-state index in [0.29, 0.717) is 34.3 Å². The number of amides is 1. The molecule has 0 unspecified atom stereocenters. The molecule has 0 saturated carbocycles. The van der Waals surface area contributed by atoms with Crippen LogP contribution in [0.15, 0.2) is 70.2 Å². The lowest BCUT2D eigenvalue weighted by Crippen LogP contribution is -2.24. The summed E-state index contributed by atoms with van der Waals surface area (Å²) in [5, 5.41) is 4.66. The highest BCUT2D eigenvalue weighted by Crippen LogP contribution is 2.27. The first-order chi connectivity index (χ1) is 16.4. The number of hydrogen-bond donors (Lipinski definition) is 1. The van der Waals surface area contributed by atoms with E-state index in [9.17, 15) is 9.59 Å². The van der Waals surface area contributed by atoms with E-state index in [0.717, 1.165) is 4.47 Å². The molecule has 0 radical (unpaired) electrons. The van der Waals surface area contributed by atoms with Gasteiger partial charge in [0.2, 0.25) is 0 Å². The molecule has 1 amide bonds. The first-order valence-corrected chi connectivity index (χ1v) is 11.5. The summed E-state index contributed by atoms with van der Waals surface area (Å²) in [4.78, 5) is 24.6. The SMILES string of the molecule is CCOc1ccc(C(=O)Oc2ccc(Br)cc2C=NNC(=O)COc2ccc(Cl)cc2Cl)cc1. The van der Waals surface area contributed by atoms with Crippen molar-refractivity contribution in [2.75, 3.05) is 13.2 Å². The van der Waals surface area contributed by atoms with Gasteiger partial charge in [0.05, 0.1) is 23.4 Å². The van der Waals surface area contributed by atoms with E-state index >= 15 is 0 Å². The smallest absolute Gasteiger partial charge is 0.343 e. The number of nitrogens with zero attached hydrogens (tertiary/aromatic N) is 1. The molecule has 0 aromatic heterocycles. The van der Waals surface area contributed by atoms with Crippen LogP contribution < -0.4 is 19.6 Å². The molecule has 0 aliphatic carbocycles. The van der Waals surface area contributed by atoms with Gasteiger partial charge in [-0.1, -0.05) is 39.1 Å². The molecule has 0 aliphatic rings. The maximum Gasteiger partial charge on any atom is 0.343 e. The van der Waals surface area contributed by atoms with Crippen molar-refractivity contribution in [1.29, 1.82) is 0 Å². The highest BCUT2D eigenvalue weighted by molar-refractivity contribution is 9.10. The number of halogens is 3. The first-order valence-electron chi connectivity index (χ1n) is 10.00. The van der Waals surface area contributed by atoms with Gasteiger partial charge in [-0.3, -0.25) is 4.79 Å². The van der Waals surface area contributed by atoms with Crippen LogP contribution in [-0.2, 0) is 4.79 Å². The number of carbonyl (C=O) groups excluding carboxylic acids is 2. The van der Waals surface area contributed by atoms with E-state index < -0.39 is 11.9 Å². The summed E-state index contributed by atoms with van der Waals surface area (Å²) < 4.78 is 17.0. The Labute approximate surface area is 214 Å². The average molecular weight is 566 g/mol. The van der Waals surface area contributed by atoms with Gasteiger partial charge in [0.25, 0.3) is 5.91 Å². The van der Waals surface area contributed by atoms with E-state index in [1.54, 1.807) is 54.6 Å². The molecule has 3 rings (SSSR count). The van der Waals surface area contributed by atoms with Crippen LogP contribution >= 0.6 is 39.1 Å². The minimum atomic E-state index is -0.544. The van der Waals surface area contributed by atoms with Crippen LogP contribution in [0.2, 0.25) is 10.0 Å². The van der Waals surface area contributed by atoms with E-state index in [-0.39, 0.29) is 17.4 Å². The average Bonchev–Trinajstić information content (AvgIpc) is 2.81. The van der Waals surface area contributed by atoms with Crippen molar-refractivity contribution in [3.63, 3.8) is 0 Å². The van der Waals surface area contributed by atoms with Crippen molar-refractivity contribution in [2.45, 2.75) is 6.92 Å². The van der Waals surface area contributed by atoms with Gasteiger partial charge >= 0.3 is 5.97 Å². The summed E-state index contributed by atoms with van der Waals surface area (Å²) in [6, 6.07) is 16.3. The number of hydrogen-bond acceptors (Lipinski definition) is 6. The monoisotopic (exact) mass is 564 g/mol. The molecule has 0 atom stereocenters. The number of benzene rings is 3. The van der Waals surface area contributed by atoms with Crippen molar-refractivity contribution < 1.29 is 23.8 Å². The summed E-state index contributed by atoms with van der Waals surface area (Å²) in [6.45, 7) is 2.10. The van der Waals surface area contributed by atoms with Crippen LogP contribution in [-0.4, -0.2) is 31.3 Å². The maximum atomic E-state index is 12.5. The number of carbonyl (C=O) groups is 2. The van der Waals surface area contributed by atoms with Gasteiger partial charge in [-0.25, -0.2) is 10.2 Å². The van der Waals surface area contributed by atoms with E-state index in [4.69, 9.17) is 37.4 Å². The second kappa shape index (κ2) is 12.4. The standard InChI is InChI=1S/C24H19BrCl2N2O5/c1-2-32-19-7-3-15(4-8-19)24(31)34-21-9-5-17(25)11-16(21)13-28-29-23(30)14-33-22-10-6-18(26)12-20(22)27/h3-13H,2,14H2,1H3,(H,29,30). The van der Waals surface area contributed by atoms with Crippen molar-refractivity contribution in [2.24, 2.45) is 5.10 Å². The van der Waals surface area contributed by atoms with Crippen LogP contribution in [0.5, 0.6) is 17.2 Å². The van der Waals surface area contributed by atoms with Gasteiger partial charge in [-0.15, -0.1) is 0 Å². The summed E-state index contributed by atoms with van der Waals surface area (Å²) in [5.74, 6) is 0.195. The number of esters is 1. The highest BCUT2D eigenvalue weighted by Gasteiger charge is 2.12. The molecule has 34 heavy (non-hydrogen) atoms. The van der Waals surface area contributed by atoms with Gasteiger partial charge in [0.1, 0.15) is 17.2 Å². The van der Waals surface area contributed by atoms with Gasteiger partial charge < -0.3 is 14.2 Å². The molecule has 0 heterocycles. The van der Waals surface area contributed by atoms with Crippen molar-refractivity contribution in [3.05, 3.63) is 86.3 Å². The van der Waals surface area contributed by atoms with Crippen LogP contribution in [0.25, 0.3) is 0 Å². The molecule has 0 spiro atoms. The highest BCUT2D eigenvalue weighted by atomic mass is 79.9. The Balaban J connectivity index is 1.61. The predicted molar refractivity (Wildman–Crippen MR) is 134 cm³/mol. The molecule has 3 aromatic rings. The van der Waals surface area contributed by atoms with E-state index in [1.807, 2.05) is 6.92 Å². The summed E-state index contributed by atoms with van der Waals surface area (Å²) >= 11 is 15.2. The Kier molecular flexibility index (Phi) is 9.33. The molecule has 0 fully saturated rings. The van der Waals surface area contributed by atoms with Crippen molar-refractivity contribution >= 4 is 57.2 Å². The quantitative estimate of drug-likeness (QED) is 0.151. The Hall–Kier alpha value is -3.07. The Bertz CT molecular complexity index is 1200. The zero-order valence-electron chi connectivity index (χ0n) is 17.9. The molecule has 0 bridgehead atoms. The lowest BCUT2D eigenvalue weighted by Gasteiger charge is -2.09. The topological polar surface area (TPSA) is 86.2 Å². The predicted octanol–water partition coefficient (Wildman–Crippen LogP) is 5.90. The molecule has 176 valence electrons. The second-order valence-corrected chi connectivity index (χ2v) is 8.44. The van der Waals surface area contributed by atoms with Crippen molar-refractivity contribution in [3.8, 4) is 17.2 Å². The normalized spacial score (nSPS) is 10.7. The van der Waals surface area contributed by atoms with Gasteiger partial charge in [-0.2, -0.15) is 5.10 Å². The third-order valence-corrected chi connectivity index (χ3v) is 5.24. The summed E-state index contributed by atoms with van der Waals surface area (Å²) in [7, 11) is 0. The molecular formula is C24H19BrCl2N2O5. The van der Waals surface area contributed by atoms with Crippen LogP contribution in [0, 0.1) is 0 Å². The lowest BCUT2D eigenvalue weighted by molar-refractivity contribution is -0.123. The Morgan fingerprint density at radius 1 is 1.00 bits per heavy atom. The molecular weight excluding hydrogens is 547 g/mol. The largest absolute Gasteiger partial charge is 0.494 e. The Morgan fingerprint density at radius 3 is 2.44 bits per heavy atom. The molecule has 1 N–H and O–H groups in total. The van der Waals surface area contributed by atoms with Gasteiger partial charge in [-0.05, 0) is 67.6 Å². The molecule has 0 saturated heterocycles. The first kappa shape index (κ1) is 25.6. The van der Waals surface area contributed by atoms with Crippen LogP contribution in [0.4, 0.5) is 0 Å². The minimum absolute atomic E-state index is 0.268. The third-order valence-electron chi connectivity index (χ3n) is 4.22. The number of hydrazone groups is 1. The fourth-order valence-electron chi connectivity index (χ4n) is 2.67. The maximum absolute atomic E-state index is 12.5. The number of rotatable bonds is 9. The van der Waals surface area contributed by atoms with E-state index in [1.165, 1.54) is 12.3 Å². The lowest BCUT2D eigenvalue weighted by atomic mass is 10.2. The number of nitrogens with one attached hydrogen (secondary N) is 1. The van der Waals surface area contributed by atoms with Gasteiger partial charge in [0.15, 0.2) is 6.61 Å². The summed E-state index contributed by atoms with van der Waals surface area (Å²) in [5.41, 5.74) is 3.18. The molecule has 0 aliphatic heterocycles. The van der Waals surface area contributed by atoms with Crippen LogP contribution in [0.3, 0.4) is 0 Å². The van der Waals surface area contributed by atoms with Crippen LogP contribution in [0.1, 0.15) is 22.8 Å². The van der Waals surface area contributed by atoms with E-state index in [2.05, 4.69) is 26.5 Å². The second-order valence-electron chi connectivity index (χ2n) is 6.69. The Morgan fingerprint density at radius 2 is 1.74 bits per heavy atom. The number of ether oxygens (including phenoxy) is 3. The summed E-state index contributed by atoms with van der Waals surface area (Å²) in [6.07, 6.45) is 1.36. The fourth-order valence-corrected chi connectivity index (χ4v) is 3.51. The molecule has 10 heteroatoms. The minimum Gasteiger partial charge on any atom is -0.494 e.